The Kier molecular flexibility index (Phi) is 4.42. The van der Waals surface area contributed by atoms with E-state index in [0.717, 1.165) is 42.9 Å². The predicted octanol–water partition coefficient (Wildman–Crippen LogP) is 2.28. The summed E-state index contributed by atoms with van der Waals surface area (Å²) >= 11 is 0. The van der Waals surface area contributed by atoms with Gasteiger partial charge in [-0.25, -0.2) is 4.98 Å². The minimum atomic E-state index is -0.358. The van der Waals surface area contributed by atoms with Crippen molar-refractivity contribution in [1.29, 1.82) is 0 Å². The maximum absolute atomic E-state index is 6.10. The fourth-order valence-corrected chi connectivity index (χ4v) is 2.89. The maximum atomic E-state index is 6.10. The van der Waals surface area contributed by atoms with Gasteiger partial charge in [-0.05, 0) is 53.0 Å². The van der Waals surface area contributed by atoms with Crippen LogP contribution in [0.1, 0.15) is 46.1 Å². The maximum Gasteiger partial charge on any atom is 0.496 e. The van der Waals surface area contributed by atoms with Gasteiger partial charge in [-0.3, -0.25) is 0 Å². The number of hydrogen-bond acceptors (Lipinski definition) is 5. The molecule has 2 fully saturated rings. The Morgan fingerprint density at radius 3 is 2.30 bits per heavy atom. The van der Waals surface area contributed by atoms with E-state index in [4.69, 9.17) is 14.0 Å². The molecule has 1 N–H and O–H groups in total. The van der Waals surface area contributed by atoms with Crippen molar-refractivity contribution in [1.82, 2.24) is 4.98 Å². The molecule has 2 aliphatic rings. The molecule has 1 aromatic rings. The zero-order chi connectivity index (χ0) is 16.7. The molecule has 0 amide bonds. The highest BCUT2D eigenvalue weighted by Gasteiger charge is 2.51. The Hall–Kier alpha value is -1.11. The molecule has 0 saturated carbocycles. The average Bonchev–Trinajstić information content (AvgIpc) is 2.71. The van der Waals surface area contributed by atoms with Gasteiger partial charge < -0.3 is 19.4 Å². The molecule has 2 aliphatic heterocycles. The second-order valence-electron chi connectivity index (χ2n) is 7.55. The van der Waals surface area contributed by atoms with Crippen LogP contribution in [0.4, 0.5) is 5.82 Å². The first-order valence-corrected chi connectivity index (χ1v) is 8.45. The molecule has 3 heterocycles. The van der Waals surface area contributed by atoms with Crippen LogP contribution in [-0.2, 0) is 14.0 Å². The molecule has 3 rings (SSSR count). The number of nitrogens with zero attached hydrogens (tertiary/aromatic N) is 1. The van der Waals surface area contributed by atoms with Crippen LogP contribution < -0.4 is 10.8 Å². The number of aromatic nitrogens is 1. The molecule has 0 atom stereocenters. The van der Waals surface area contributed by atoms with Crippen molar-refractivity contribution >= 4 is 18.4 Å². The summed E-state index contributed by atoms with van der Waals surface area (Å²) in [5.41, 5.74) is 1.43. The van der Waals surface area contributed by atoms with Crippen molar-refractivity contribution in [3.05, 3.63) is 17.8 Å². The Labute approximate surface area is 139 Å². The van der Waals surface area contributed by atoms with E-state index in [9.17, 15) is 0 Å². The summed E-state index contributed by atoms with van der Waals surface area (Å²) < 4.78 is 17.6. The number of anilines is 1. The van der Waals surface area contributed by atoms with E-state index in [0.29, 0.717) is 6.04 Å². The van der Waals surface area contributed by atoms with Gasteiger partial charge >= 0.3 is 7.12 Å². The van der Waals surface area contributed by atoms with Crippen LogP contribution in [0, 0.1) is 6.92 Å². The van der Waals surface area contributed by atoms with Gasteiger partial charge in [-0.2, -0.15) is 0 Å². The van der Waals surface area contributed by atoms with Crippen molar-refractivity contribution in [2.75, 3.05) is 18.5 Å². The Bertz CT molecular complexity index is 555. The van der Waals surface area contributed by atoms with E-state index in [1.54, 1.807) is 0 Å². The molecule has 0 aromatic carbocycles. The quantitative estimate of drug-likeness (QED) is 0.867. The standard InChI is InChI=1S/C17H27BN2O3/c1-12-10-13(18-22-16(2,3)17(4,5)23-18)11-19-15(12)20-14-6-8-21-9-7-14/h10-11,14H,6-9H2,1-5H3,(H,19,20). The number of ether oxygens (including phenoxy) is 1. The lowest BCUT2D eigenvalue weighted by Crippen LogP contribution is -2.41. The zero-order valence-corrected chi connectivity index (χ0v) is 14.8. The fourth-order valence-electron chi connectivity index (χ4n) is 2.89. The van der Waals surface area contributed by atoms with Crippen LogP contribution in [0.5, 0.6) is 0 Å². The van der Waals surface area contributed by atoms with E-state index in [-0.39, 0.29) is 18.3 Å². The van der Waals surface area contributed by atoms with Gasteiger partial charge in [0.1, 0.15) is 5.82 Å². The highest BCUT2D eigenvalue weighted by Crippen LogP contribution is 2.36. The van der Waals surface area contributed by atoms with Crippen LogP contribution in [0.3, 0.4) is 0 Å². The summed E-state index contributed by atoms with van der Waals surface area (Å²) in [5.74, 6) is 0.942. The molecule has 0 spiro atoms. The van der Waals surface area contributed by atoms with E-state index in [1.165, 1.54) is 0 Å². The van der Waals surface area contributed by atoms with Crippen LogP contribution in [0.2, 0.25) is 0 Å². The summed E-state index contributed by atoms with van der Waals surface area (Å²) in [4.78, 5) is 4.60. The predicted molar refractivity (Wildman–Crippen MR) is 92.2 cm³/mol. The Morgan fingerprint density at radius 1 is 1.13 bits per heavy atom. The van der Waals surface area contributed by atoms with Gasteiger partial charge in [0.05, 0.1) is 11.2 Å². The number of pyridine rings is 1. The van der Waals surface area contributed by atoms with Gasteiger partial charge in [-0.1, -0.05) is 6.07 Å². The molecule has 0 unspecified atom stereocenters. The summed E-state index contributed by atoms with van der Waals surface area (Å²) in [6.07, 6.45) is 3.91. The third kappa shape index (κ3) is 3.39. The first-order chi connectivity index (χ1) is 10.8. The van der Waals surface area contributed by atoms with Crippen molar-refractivity contribution in [2.45, 2.75) is 64.7 Å². The number of nitrogens with one attached hydrogen (secondary N) is 1. The molecular formula is C17H27BN2O3. The minimum absolute atomic E-state index is 0.329. The number of rotatable bonds is 3. The van der Waals surface area contributed by atoms with Gasteiger partial charge in [0.2, 0.25) is 0 Å². The summed E-state index contributed by atoms with van der Waals surface area (Å²) in [6.45, 7) is 12.0. The van der Waals surface area contributed by atoms with Gasteiger partial charge in [0, 0.05) is 30.9 Å². The average molecular weight is 318 g/mol. The van der Waals surface area contributed by atoms with Crippen LogP contribution >= 0.6 is 0 Å². The van der Waals surface area contributed by atoms with Gasteiger partial charge in [0.15, 0.2) is 0 Å². The number of hydrogen-bond donors (Lipinski definition) is 1. The monoisotopic (exact) mass is 318 g/mol. The molecule has 23 heavy (non-hydrogen) atoms. The lowest BCUT2D eigenvalue weighted by molar-refractivity contribution is 0.00578. The van der Waals surface area contributed by atoms with Crippen LogP contribution in [-0.4, -0.2) is 42.6 Å². The molecule has 2 saturated heterocycles. The molecule has 6 heteroatoms. The van der Waals surface area contributed by atoms with Crippen LogP contribution in [0.25, 0.3) is 0 Å². The second-order valence-corrected chi connectivity index (χ2v) is 7.55. The second kappa shape index (κ2) is 6.08. The SMILES string of the molecule is Cc1cc(B2OC(C)(C)C(C)(C)O2)cnc1NC1CCOCC1. The topological polar surface area (TPSA) is 52.6 Å². The molecule has 0 radical (unpaired) electrons. The normalized spacial score (nSPS) is 24.0. The fraction of sp³-hybridized carbons (Fsp3) is 0.706. The van der Waals surface area contributed by atoms with E-state index >= 15 is 0 Å². The Morgan fingerprint density at radius 2 is 1.74 bits per heavy atom. The first-order valence-electron chi connectivity index (χ1n) is 8.45. The molecule has 5 nitrogen and oxygen atoms in total. The number of aryl methyl sites for hydroxylation is 1. The minimum Gasteiger partial charge on any atom is -0.399 e. The molecule has 126 valence electrons. The summed E-state index contributed by atoms with van der Waals surface area (Å²) in [6, 6.07) is 2.55. The third-order valence-corrected chi connectivity index (χ3v) is 5.19. The van der Waals surface area contributed by atoms with E-state index < -0.39 is 0 Å². The van der Waals surface area contributed by atoms with Crippen molar-refractivity contribution < 1.29 is 14.0 Å². The van der Waals surface area contributed by atoms with E-state index in [2.05, 4.69) is 51.0 Å². The molecule has 1 aromatic heterocycles. The summed E-state index contributed by atoms with van der Waals surface area (Å²) in [5, 5.41) is 3.53. The third-order valence-electron chi connectivity index (χ3n) is 5.19. The van der Waals surface area contributed by atoms with E-state index in [1.807, 2.05) is 6.20 Å². The molecular weight excluding hydrogens is 291 g/mol. The van der Waals surface area contributed by atoms with Gasteiger partial charge in [0.25, 0.3) is 0 Å². The summed E-state index contributed by atoms with van der Waals surface area (Å²) in [7, 11) is -0.358. The lowest BCUT2D eigenvalue weighted by Gasteiger charge is -2.32. The first kappa shape index (κ1) is 16.7. The van der Waals surface area contributed by atoms with Crippen molar-refractivity contribution in [2.24, 2.45) is 0 Å². The lowest BCUT2D eigenvalue weighted by atomic mass is 9.80. The largest absolute Gasteiger partial charge is 0.496 e. The highest BCUT2D eigenvalue weighted by atomic mass is 16.7. The van der Waals surface area contributed by atoms with Crippen LogP contribution in [0.15, 0.2) is 12.3 Å². The van der Waals surface area contributed by atoms with Gasteiger partial charge in [-0.15, -0.1) is 0 Å². The molecule has 0 aliphatic carbocycles. The zero-order valence-electron chi connectivity index (χ0n) is 14.8. The molecule has 0 bridgehead atoms. The van der Waals surface area contributed by atoms with Crippen molar-refractivity contribution in [3.8, 4) is 0 Å². The van der Waals surface area contributed by atoms with Crippen molar-refractivity contribution in [3.63, 3.8) is 0 Å². The highest BCUT2D eigenvalue weighted by molar-refractivity contribution is 6.62. The Balaban J connectivity index is 1.72. The smallest absolute Gasteiger partial charge is 0.399 e.